The Morgan fingerprint density at radius 3 is 2.42 bits per heavy atom. The molecule has 5 nitrogen and oxygen atoms in total. The molecule has 0 unspecified atom stereocenters. The van der Waals surface area contributed by atoms with Gasteiger partial charge >= 0.3 is 0 Å². The van der Waals surface area contributed by atoms with Gasteiger partial charge in [0.25, 0.3) is 5.91 Å². The quantitative estimate of drug-likeness (QED) is 0.574. The molecule has 0 radical (unpaired) electrons. The summed E-state index contributed by atoms with van der Waals surface area (Å²) in [7, 11) is 0. The van der Waals surface area contributed by atoms with E-state index in [1.165, 1.54) is 6.42 Å². The van der Waals surface area contributed by atoms with Crippen LogP contribution in [0.4, 0.5) is 0 Å². The molecule has 2 aromatic rings. The molecule has 4 rings (SSSR count). The molecule has 0 saturated carbocycles. The first-order valence-corrected chi connectivity index (χ1v) is 12.3. The number of hydrogen-bond donors (Lipinski definition) is 0. The summed E-state index contributed by atoms with van der Waals surface area (Å²) in [5.74, 6) is 0.945. The maximum absolute atomic E-state index is 13.3. The summed E-state index contributed by atoms with van der Waals surface area (Å²) in [4.78, 5) is 30.4. The number of halogens is 1. The number of hydrogen-bond acceptors (Lipinski definition) is 3. The molecule has 33 heavy (non-hydrogen) atoms. The lowest BCUT2D eigenvalue weighted by Gasteiger charge is -2.43. The topological polar surface area (TPSA) is 49.9 Å². The Labute approximate surface area is 201 Å². The molecule has 0 aliphatic carbocycles. The van der Waals surface area contributed by atoms with Crippen molar-refractivity contribution in [2.24, 2.45) is 5.41 Å². The minimum absolute atomic E-state index is 0.0208. The molecular weight excluding hydrogens is 436 g/mol. The van der Waals surface area contributed by atoms with E-state index in [4.69, 9.17) is 16.3 Å². The van der Waals surface area contributed by atoms with Crippen LogP contribution in [0.25, 0.3) is 0 Å². The highest BCUT2D eigenvalue weighted by atomic mass is 35.5. The maximum atomic E-state index is 13.3. The molecule has 2 heterocycles. The lowest BCUT2D eigenvalue weighted by atomic mass is 9.77. The van der Waals surface area contributed by atoms with Crippen molar-refractivity contribution in [3.05, 3.63) is 64.7 Å². The van der Waals surface area contributed by atoms with E-state index in [1.807, 2.05) is 65.3 Å². The van der Waals surface area contributed by atoms with Crippen molar-refractivity contribution in [1.29, 1.82) is 0 Å². The van der Waals surface area contributed by atoms with E-state index in [9.17, 15) is 9.59 Å². The highest BCUT2D eigenvalue weighted by Gasteiger charge is 2.41. The molecule has 1 atom stereocenters. The zero-order chi connectivity index (χ0) is 23.3. The average Bonchev–Trinajstić information content (AvgIpc) is 2.85. The third kappa shape index (κ3) is 5.89. The minimum atomic E-state index is -0.412. The summed E-state index contributed by atoms with van der Waals surface area (Å²) >= 11 is 6.17. The number of ether oxygens (including phenoxy) is 1. The van der Waals surface area contributed by atoms with Crippen molar-refractivity contribution < 1.29 is 14.3 Å². The third-order valence-corrected chi connectivity index (χ3v) is 7.30. The molecule has 2 saturated heterocycles. The molecule has 0 aromatic heterocycles. The Balaban J connectivity index is 1.53. The molecule has 0 N–H and O–H groups in total. The van der Waals surface area contributed by atoms with Crippen LogP contribution in [-0.4, -0.2) is 54.4 Å². The number of piperidine rings is 2. The monoisotopic (exact) mass is 468 g/mol. The van der Waals surface area contributed by atoms with Gasteiger partial charge in [-0.05, 0) is 74.9 Å². The van der Waals surface area contributed by atoms with Gasteiger partial charge in [0, 0.05) is 48.6 Å². The van der Waals surface area contributed by atoms with Gasteiger partial charge in [0.2, 0.25) is 5.91 Å². The van der Waals surface area contributed by atoms with Crippen molar-refractivity contribution in [3.63, 3.8) is 0 Å². The summed E-state index contributed by atoms with van der Waals surface area (Å²) < 4.78 is 6.24. The van der Waals surface area contributed by atoms with E-state index < -0.39 is 5.41 Å². The lowest BCUT2D eigenvalue weighted by Crippen LogP contribution is -2.51. The van der Waals surface area contributed by atoms with Crippen molar-refractivity contribution in [3.8, 4) is 5.75 Å². The number of rotatable bonds is 6. The second kappa shape index (κ2) is 10.6. The molecule has 2 aromatic carbocycles. The van der Waals surface area contributed by atoms with Crippen molar-refractivity contribution in [2.45, 2.75) is 45.4 Å². The van der Waals surface area contributed by atoms with Crippen LogP contribution in [0.2, 0.25) is 5.02 Å². The number of benzene rings is 2. The number of amides is 2. The van der Waals surface area contributed by atoms with Crippen LogP contribution in [0.15, 0.2) is 48.5 Å². The second-order valence-corrected chi connectivity index (χ2v) is 9.92. The Bertz CT molecular complexity index is 975. The number of carbonyl (C=O) groups is 2. The normalized spacial score (nSPS) is 21.0. The average molecular weight is 469 g/mol. The van der Waals surface area contributed by atoms with E-state index in [2.05, 4.69) is 0 Å². The van der Waals surface area contributed by atoms with Gasteiger partial charge in [0.1, 0.15) is 5.75 Å². The van der Waals surface area contributed by atoms with Crippen LogP contribution in [0.5, 0.6) is 5.75 Å². The number of likely N-dealkylation sites (tertiary alicyclic amines) is 2. The fourth-order valence-electron chi connectivity index (χ4n) is 4.98. The molecule has 0 bridgehead atoms. The molecule has 176 valence electrons. The van der Waals surface area contributed by atoms with E-state index in [1.54, 1.807) is 0 Å². The second-order valence-electron chi connectivity index (χ2n) is 9.51. The first-order chi connectivity index (χ1) is 16.0. The van der Waals surface area contributed by atoms with Gasteiger partial charge in [0.15, 0.2) is 0 Å². The predicted molar refractivity (Wildman–Crippen MR) is 131 cm³/mol. The van der Waals surface area contributed by atoms with Crippen LogP contribution in [0.3, 0.4) is 0 Å². The Morgan fingerprint density at radius 2 is 1.70 bits per heavy atom. The van der Waals surface area contributed by atoms with Gasteiger partial charge in [-0.1, -0.05) is 29.8 Å². The minimum Gasteiger partial charge on any atom is -0.493 e. The number of aryl methyl sites for hydroxylation is 1. The number of nitrogens with zero attached hydrogens (tertiary/aromatic N) is 2. The fraction of sp³-hybridized carbons (Fsp3) is 0.481. The summed E-state index contributed by atoms with van der Waals surface area (Å²) in [5.41, 5.74) is 1.23. The van der Waals surface area contributed by atoms with Crippen LogP contribution < -0.4 is 4.74 Å². The Morgan fingerprint density at radius 1 is 0.970 bits per heavy atom. The smallest absolute Gasteiger partial charge is 0.253 e. The van der Waals surface area contributed by atoms with Crippen LogP contribution in [0.1, 0.15) is 54.4 Å². The SMILES string of the molecule is Cc1cc(OC[C@@]2(CC(=O)N3CCCCC3)CCCN(C(=O)c3ccccc3)C2)ccc1Cl. The van der Waals surface area contributed by atoms with Gasteiger partial charge in [-0.15, -0.1) is 0 Å². The summed E-state index contributed by atoms with van der Waals surface area (Å²) in [6, 6.07) is 15.0. The van der Waals surface area contributed by atoms with Gasteiger partial charge in [-0.25, -0.2) is 0 Å². The first kappa shape index (κ1) is 23.6. The van der Waals surface area contributed by atoms with Crippen molar-refractivity contribution >= 4 is 23.4 Å². The highest BCUT2D eigenvalue weighted by Crippen LogP contribution is 2.36. The predicted octanol–water partition coefficient (Wildman–Crippen LogP) is 5.35. The Kier molecular flexibility index (Phi) is 7.59. The summed E-state index contributed by atoms with van der Waals surface area (Å²) in [5, 5.41) is 0.703. The highest BCUT2D eigenvalue weighted by molar-refractivity contribution is 6.31. The molecule has 6 heteroatoms. The van der Waals surface area contributed by atoms with Crippen LogP contribution in [0, 0.1) is 12.3 Å². The molecular formula is C27H33ClN2O3. The van der Waals surface area contributed by atoms with Gasteiger partial charge in [-0.2, -0.15) is 0 Å². The number of carbonyl (C=O) groups excluding carboxylic acids is 2. The van der Waals surface area contributed by atoms with Crippen molar-refractivity contribution in [2.75, 3.05) is 32.8 Å². The standard InChI is InChI=1S/C27H33ClN2O3/c1-21-17-23(11-12-24(21)28)33-20-27(18-25(31)29-14-6-3-7-15-29)13-8-16-30(19-27)26(32)22-9-4-2-5-10-22/h2,4-5,9-12,17H,3,6-8,13-16,18-20H2,1H3/t27-/m1/s1. The summed E-state index contributed by atoms with van der Waals surface area (Å²) in [6.07, 6.45) is 5.44. The summed E-state index contributed by atoms with van der Waals surface area (Å²) in [6.45, 7) is 5.23. The molecule has 2 aliphatic rings. The first-order valence-electron chi connectivity index (χ1n) is 12.0. The van der Waals surface area contributed by atoms with E-state index in [0.29, 0.717) is 36.7 Å². The van der Waals surface area contributed by atoms with Crippen LogP contribution in [-0.2, 0) is 4.79 Å². The fourth-order valence-corrected chi connectivity index (χ4v) is 5.09. The van der Waals surface area contributed by atoms with E-state index >= 15 is 0 Å². The van der Waals surface area contributed by atoms with Crippen molar-refractivity contribution in [1.82, 2.24) is 9.80 Å². The molecule has 0 spiro atoms. The molecule has 2 aliphatic heterocycles. The molecule has 2 fully saturated rings. The molecule has 2 amide bonds. The zero-order valence-corrected chi connectivity index (χ0v) is 20.2. The zero-order valence-electron chi connectivity index (χ0n) is 19.4. The largest absolute Gasteiger partial charge is 0.493 e. The lowest BCUT2D eigenvalue weighted by molar-refractivity contribution is -0.136. The van der Waals surface area contributed by atoms with Crippen LogP contribution >= 0.6 is 11.6 Å². The maximum Gasteiger partial charge on any atom is 0.253 e. The van der Waals surface area contributed by atoms with E-state index in [-0.39, 0.29) is 11.8 Å². The third-order valence-electron chi connectivity index (χ3n) is 6.88. The Hall–Kier alpha value is -2.53. The van der Waals surface area contributed by atoms with Gasteiger partial charge in [0.05, 0.1) is 6.61 Å². The van der Waals surface area contributed by atoms with Gasteiger partial charge < -0.3 is 14.5 Å². The van der Waals surface area contributed by atoms with Gasteiger partial charge in [-0.3, -0.25) is 9.59 Å². The van der Waals surface area contributed by atoms with E-state index in [0.717, 1.165) is 50.1 Å².